The lowest BCUT2D eigenvalue weighted by molar-refractivity contribution is -0.137. The van der Waals surface area contributed by atoms with Crippen molar-refractivity contribution in [3.8, 4) is 12.3 Å². The molecule has 94 valence electrons. The second kappa shape index (κ2) is 6.58. The Morgan fingerprint density at radius 1 is 1.56 bits per heavy atom. The van der Waals surface area contributed by atoms with Crippen LogP contribution in [0.15, 0.2) is 30.3 Å². The molecule has 0 aliphatic rings. The zero-order chi connectivity index (χ0) is 13.5. The fraction of sp³-hybridized carbons (Fsp3) is 0.214. The minimum Gasteiger partial charge on any atom is -0.480 e. The molecular weight excluding hydrogens is 233 g/mol. The van der Waals surface area contributed by atoms with E-state index in [-0.39, 0.29) is 12.4 Å². The van der Waals surface area contributed by atoms with Gasteiger partial charge < -0.3 is 5.11 Å². The largest absolute Gasteiger partial charge is 0.480 e. The van der Waals surface area contributed by atoms with E-state index in [0.717, 1.165) is 0 Å². The minimum atomic E-state index is -0.918. The number of nitrogens with zero attached hydrogens (tertiary/aromatic N) is 1. The van der Waals surface area contributed by atoms with Crippen LogP contribution in [0.5, 0.6) is 0 Å². The van der Waals surface area contributed by atoms with Crippen molar-refractivity contribution in [1.29, 1.82) is 0 Å². The molecule has 0 bridgehead atoms. The van der Waals surface area contributed by atoms with E-state index >= 15 is 0 Å². The molecule has 0 heterocycles. The summed E-state index contributed by atoms with van der Waals surface area (Å²) in [5.41, 5.74) is 0.772. The Balaban J connectivity index is 2.82. The van der Waals surface area contributed by atoms with E-state index < -0.39 is 5.97 Å². The van der Waals surface area contributed by atoms with Crippen LogP contribution in [-0.4, -0.2) is 36.1 Å². The molecule has 0 atom stereocenters. The molecule has 1 aromatic carbocycles. The lowest BCUT2D eigenvalue weighted by atomic mass is 10.1. The molecule has 0 unspecified atom stereocenters. The van der Waals surface area contributed by atoms with Crippen LogP contribution in [0.3, 0.4) is 0 Å². The molecular formula is C14H14FNO2. The minimum absolute atomic E-state index is 0.0916. The van der Waals surface area contributed by atoms with Crippen LogP contribution >= 0.6 is 0 Å². The Bertz CT molecular complexity index is 503. The normalized spacial score (nSPS) is 11.3. The number of rotatable bonds is 5. The highest BCUT2D eigenvalue weighted by Gasteiger charge is 2.06. The number of halogens is 1. The van der Waals surface area contributed by atoms with Gasteiger partial charge >= 0.3 is 5.97 Å². The first-order valence-corrected chi connectivity index (χ1v) is 5.36. The Labute approximate surface area is 106 Å². The first kappa shape index (κ1) is 13.9. The van der Waals surface area contributed by atoms with Gasteiger partial charge in [0.25, 0.3) is 0 Å². The Morgan fingerprint density at radius 3 is 2.78 bits per heavy atom. The molecule has 1 rings (SSSR count). The van der Waals surface area contributed by atoms with E-state index in [9.17, 15) is 9.18 Å². The number of hydrogen-bond donors (Lipinski definition) is 1. The number of aliphatic carboxylic acids is 1. The van der Waals surface area contributed by atoms with Crippen LogP contribution in [-0.2, 0) is 4.79 Å². The summed E-state index contributed by atoms with van der Waals surface area (Å²) in [5, 5.41) is 8.60. The number of terminal acetylenes is 1. The van der Waals surface area contributed by atoms with Crippen LogP contribution in [0, 0.1) is 18.2 Å². The highest BCUT2D eigenvalue weighted by atomic mass is 19.1. The summed E-state index contributed by atoms with van der Waals surface area (Å²) in [5.74, 6) is 1.11. The number of carboxylic acids is 1. The van der Waals surface area contributed by atoms with Crippen molar-refractivity contribution in [2.45, 2.75) is 0 Å². The highest BCUT2D eigenvalue weighted by molar-refractivity contribution is 5.78. The summed E-state index contributed by atoms with van der Waals surface area (Å²) in [7, 11) is 1.65. The predicted molar refractivity (Wildman–Crippen MR) is 68.3 cm³/mol. The second-order valence-corrected chi connectivity index (χ2v) is 3.83. The van der Waals surface area contributed by atoms with Gasteiger partial charge in [0.05, 0.1) is 6.54 Å². The third kappa shape index (κ3) is 4.04. The fourth-order valence-corrected chi connectivity index (χ4v) is 1.47. The Morgan fingerprint density at radius 2 is 2.22 bits per heavy atom. The molecule has 0 saturated heterocycles. The summed E-state index contributed by atoms with van der Waals surface area (Å²) < 4.78 is 13.5. The standard InChI is InChI=1S/C14H14FNO2/c1-3-11(8-9-16(2)10-14(17)18)12-6-4-5-7-13(12)15/h1,4-8H,9-10H2,2H3,(H,17,18). The average molecular weight is 247 g/mol. The maximum Gasteiger partial charge on any atom is 0.317 e. The van der Waals surface area contributed by atoms with Gasteiger partial charge in [-0.2, -0.15) is 0 Å². The van der Waals surface area contributed by atoms with Gasteiger partial charge in [-0.15, -0.1) is 6.42 Å². The van der Waals surface area contributed by atoms with Crippen molar-refractivity contribution in [2.24, 2.45) is 0 Å². The molecule has 3 nitrogen and oxygen atoms in total. The summed E-state index contributed by atoms with van der Waals surface area (Å²) in [6.07, 6.45) is 6.98. The first-order chi connectivity index (χ1) is 8.54. The van der Waals surface area contributed by atoms with Gasteiger partial charge in [-0.3, -0.25) is 9.69 Å². The molecule has 0 aliphatic carbocycles. The zero-order valence-corrected chi connectivity index (χ0v) is 10.1. The number of benzene rings is 1. The highest BCUT2D eigenvalue weighted by Crippen LogP contribution is 2.16. The summed E-state index contributed by atoms with van der Waals surface area (Å²) in [4.78, 5) is 12.1. The van der Waals surface area contributed by atoms with Crippen LogP contribution < -0.4 is 0 Å². The van der Waals surface area contributed by atoms with E-state index in [1.54, 1.807) is 36.2 Å². The van der Waals surface area contributed by atoms with Crippen molar-refractivity contribution >= 4 is 11.5 Å². The van der Waals surface area contributed by atoms with Crippen molar-refractivity contribution in [1.82, 2.24) is 4.90 Å². The van der Waals surface area contributed by atoms with E-state index in [0.29, 0.717) is 17.7 Å². The van der Waals surface area contributed by atoms with Gasteiger partial charge in [0.1, 0.15) is 5.82 Å². The van der Waals surface area contributed by atoms with Gasteiger partial charge in [0, 0.05) is 17.7 Å². The summed E-state index contributed by atoms with van der Waals surface area (Å²) >= 11 is 0. The summed E-state index contributed by atoms with van der Waals surface area (Å²) in [6.45, 7) is 0.256. The average Bonchev–Trinajstić information content (AvgIpc) is 2.31. The molecule has 0 amide bonds. The monoisotopic (exact) mass is 247 g/mol. The fourth-order valence-electron chi connectivity index (χ4n) is 1.47. The van der Waals surface area contributed by atoms with E-state index in [1.807, 2.05) is 0 Å². The molecule has 18 heavy (non-hydrogen) atoms. The first-order valence-electron chi connectivity index (χ1n) is 5.36. The predicted octanol–water partition coefficient (Wildman–Crippen LogP) is 1.86. The number of likely N-dealkylation sites (N-methyl/N-ethyl adjacent to an activating group) is 1. The van der Waals surface area contributed by atoms with Crippen LogP contribution in [0.25, 0.3) is 5.57 Å². The molecule has 4 heteroatoms. The van der Waals surface area contributed by atoms with E-state index in [1.165, 1.54) is 6.07 Å². The molecule has 0 radical (unpaired) electrons. The molecule has 0 saturated carbocycles. The van der Waals surface area contributed by atoms with Gasteiger partial charge in [0.2, 0.25) is 0 Å². The van der Waals surface area contributed by atoms with Crippen molar-refractivity contribution in [2.75, 3.05) is 20.1 Å². The quantitative estimate of drug-likeness (QED) is 0.807. The third-order valence-corrected chi connectivity index (χ3v) is 2.33. The van der Waals surface area contributed by atoms with Crippen molar-refractivity contribution in [3.63, 3.8) is 0 Å². The summed E-state index contributed by atoms with van der Waals surface area (Å²) in [6, 6.07) is 6.22. The van der Waals surface area contributed by atoms with Gasteiger partial charge in [-0.25, -0.2) is 4.39 Å². The zero-order valence-electron chi connectivity index (χ0n) is 10.1. The van der Waals surface area contributed by atoms with Crippen LogP contribution in [0.4, 0.5) is 4.39 Å². The van der Waals surface area contributed by atoms with Gasteiger partial charge in [0.15, 0.2) is 0 Å². The molecule has 0 fully saturated rings. The molecule has 0 aromatic heterocycles. The lowest BCUT2D eigenvalue weighted by Gasteiger charge is -2.11. The molecule has 0 spiro atoms. The van der Waals surface area contributed by atoms with Gasteiger partial charge in [-0.1, -0.05) is 30.2 Å². The lowest BCUT2D eigenvalue weighted by Crippen LogP contribution is -2.25. The number of allylic oxidation sites excluding steroid dienone is 1. The topological polar surface area (TPSA) is 40.5 Å². The molecule has 0 aliphatic heterocycles. The van der Waals surface area contributed by atoms with Crippen molar-refractivity contribution in [3.05, 3.63) is 41.7 Å². The van der Waals surface area contributed by atoms with E-state index in [2.05, 4.69) is 5.92 Å². The number of carboxylic acid groups (broad SMARTS) is 1. The maximum atomic E-state index is 13.5. The molecule has 1 N–H and O–H groups in total. The Kier molecular flexibility index (Phi) is 5.09. The van der Waals surface area contributed by atoms with E-state index in [4.69, 9.17) is 11.5 Å². The maximum absolute atomic E-state index is 13.5. The smallest absolute Gasteiger partial charge is 0.317 e. The third-order valence-electron chi connectivity index (χ3n) is 2.33. The molecule has 1 aromatic rings. The number of hydrogen-bond acceptors (Lipinski definition) is 2. The van der Waals surface area contributed by atoms with Crippen LogP contribution in [0.1, 0.15) is 5.56 Å². The van der Waals surface area contributed by atoms with Gasteiger partial charge in [-0.05, 0) is 13.1 Å². The second-order valence-electron chi connectivity index (χ2n) is 3.83. The SMILES string of the molecule is C#CC(=CCN(C)CC(=O)O)c1ccccc1F. The Hall–Kier alpha value is -2.12. The number of carbonyl (C=O) groups is 1. The van der Waals surface area contributed by atoms with Crippen molar-refractivity contribution < 1.29 is 14.3 Å². The van der Waals surface area contributed by atoms with Crippen LogP contribution in [0.2, 0.25) is 0 Å².